The molecule has 2 N–H and O–H groups in total. The number of aromatic amines is 1. The van der Waals surface area contributed by atoms with Crippen LogP contribution in [0.15, 0.2) is 17.1 Å². The SMILES string of the molecule is CC[C@@]1(O)C(=O)OCc2c1cc[nH]c2=O. The van der Waals surface area contributed by atoms with E-state index in [2.05, 4.69) is 4.98 Å². The topological polar surface area (TPSA) is 79.4 Å². The molecule has 1 aliphatic rings. The molecule has 0 saturated carbocycles. The molecule has 15 heavy (non-hydrogen) atoms. The van der Waals surface area contributed by atoms with Crippen molar-refractivity contribution in [2.75, 3.05) is 0 Å². The van der Waals surface area contributed by atoms with Gasteiger partial charge in [0.1, 0.15) is 6.61 Å². The third-order valence-electron chi connectivity index (χ3n) is 2.71. The van der Waals surface area contributed by atoms with Crippen molar-refractivity contribution >= 4 is 5.97 Å². The number of aromatic nitrogens is 1. The first kappa shape index (κ1) is 9.92. The van der Waals surface area contributed by atoms with E-state index < -0.39 is 11.6 Å². The number of rotatable bonds is 1. The molecule has 0 radical (unpaired) electrons. The smallest absolute Gasteiger partial charge is 0.343 e. The molecule has 5 nitrogen and oxygen atoms in total. The summed E-state index contributed by atoms with van der Waals surface area (Å²) in [7, 11) is 0. The fourth-order valence-electron chi connectivity index (χ4n) is 1.74. The maximum atomic E-state index is 11.4. The molecular weight excluding hydrogens is 198 g/mol. The number of esters is 1. The monoisotopic (exact) mass is 209 g/mol. The van der Waals surface area contributed by atoms with Crippen molar-refractivity contribution < 1.29 is 14.6 Å². The van der Waals surface area contributed by atoms with E-state index in [9.17, 15) is 14.7 Å². The Morgan fingerprint density at radius 3 is 3.00 bits per heavy atom. The lowest BCUT2D eigenvalue weighted by atomic mass is 9.87. The van der Waals surface area contributed by atoms with Crippen molar-refractivity contribution in [1.82, 2.24) is 4.98 Å². The Balaban J connectivity index is 2.69. The van der Waals surface area contributed by atoms with Crippen LogP contribution in [0.5, 0.6) is 0 Å². The number of nitrogens with one attached hydrogen (secondary N) is 1. The van der Waals surface area contributed by atoms with Gasteiger partial charge in [0.15, 0.2) is 5.60 Å². The van der Waals surface area contributed by atoms with E-state index in [4.69, 9.17) is 4.74 Å². The van der Waals surface area contributed by atoms with Crippen LogP contribution < -0.4 is 5.56 Å². The number of H-pyrrole nitrogens is 1. The van der Waals surface area contributed by atoms with Crippen molar-refractivity contribution in [3.63, 3.8) is 0 Å². The van der Waals surface area contributed by atoms with Crippen LogP contribution in [-0.4, -0.2) is 16.1 Å². The lowest BCUT2D eigenvalue weighted by molar-refractivity contribution is -0.172. The largest absolute Gasteiger partial charge is 0.458 e. The van der Waals surface area contributed by atoms with E-state index in [0.29, 0.717) is 11.1 Å². The Morgan fingerprint density at radius 2 is 2.33 bits per heavy atom. The maximum Gasteiger partial charge on any atom is 0.343 e. The zero-order valence-electron chi connectivity index (χ0n) is 8.24. The fourth-order valence-corrected chi connectivity index (χ4v) is 1.74. The fraction of sp³-hybridized carbons (Fsp3) is 0.400. The first-order valence-corrected chi connectivity index (χ1v) is 4.70. The first-order valence-electron chi connectivity index (χ1n) is 4.70. The summed E-state index contributed by atoms with van der Waals surface area (Å²) in [5.74, 6) is -0.692. The molecule has 2 rings (SSSR count). The van der Waals surface area contributed by atoms with Gasteiger partial charge in [-0.15, -0.1) is 0 Å². The number of cyclic esters (lactones) is 1. The second-order valence-electron chi connectivity index (χ2n) is 3.49. The first-order chi connectivity index (χ1) is 7.09. The van der Waals surface area contributed by atoms with Gasteiger partial charge in [0, 0.05) is 11.8 Å². The molecule has 5 heteroatoms. The summed E-state index contributed by atoms with van der Waals surface area (Å²) in [4.78, 5) is 25.3. The minimum absolute atomic E-state index is 0.0767. The van der Waals surface area contributed by atoms with Crippen LogP contribution in [-0.2, 0) is 21.7 Å². The number of ether oxygens (including phenoxy) is 1. The second kappa shape index (κ2) is 3.20. The van der Waals surface area contributed by atoms with Crippen molar-refractivity contribution in [3.8, 4) is 0 Å². The van der Waals surface area contributed by atoms with Gasteiger partial charge in [0.05, 0.1) is 5.56 Å². The molecule has 80 valence electrons. The third kappa shape index (κ3) is 1.27. The van der Waals surface area contributed by atoms with Crippen LogP contribution >= 0.6 is 0 Å². The molecule has 1 atom stereocenters. The van der Waals surface area contributed by atoms with Gasteiger partial charge in [-0.2, -0.15) is 0 Å². The van der Waals surface area contributed by atoms with E-state index in [1.165, 1.54) is 6.20 Å². The molecule has 0 aliphatic carbocycles. The lowest BCUT2D eigenvalue weighted by Gasteiger charge is -2.30. The van der Waals surface area contributed by atoms with Crippen LogP contribution in [0.3, 0.4) is 0 Å². The quantitative estimate of drug-likeness (QED) is 0.639. The minimum atomic E-state index is -1.68. The van der Waals surface area contributed by atoms with Crippen LogP contribution in [0, 0.1) is 0 Å². The minimum Gasteiger partial charge on any atom is -0.458 e. The van der Waals surface area contributed by atoms with Gasteiger partial charge in [-0.3, -0.25) is 4.79 Å². The molecule has 1 aromatic rings. The van der Waals surface area contributed by atoms with E-state index in [1.54, 1.807) is 13.0 Å². The number of aliphatic hydroxyl groups is 1. The average molecular weight is 209 g/mol. The number of pyridine rings is 1. The highest BCUT2D eigenvalue weighted by molar-refractivity contribution is 5.82. The molecule has 2 heterocycles. The lowest BCUT2D eigenvalue weighted by Crippen LogP contribution is -2.43. The average Bonchev–Trinajstić information content (AvgIpc) is 2.24. The molecule has 0 bridgehead atoms. The number of carbonyl (C=O) groups is 1. The van der Waals surface area contributed by atoms with E-state index in [0.717, 1.165) is 0 Å². The van der Waals surface area contributed by atoms with Gasteiger partial charge < -0.3 is 14.8 Å². The van der Waals surface area contributed by atoms with Gasteiger partial charge >= 0.3 is 5.97 Å². The normalized spacial score (nSPS) is 24.5. The van der Waals surface area contributed by atoms with Crippen LogP contribution in [0.1, 0.15) is 24.5 Å². The van der Waals surface area contributed by atoms with Gasteiger partial charge in [-0.25, -0.2) is 4.79 Å². The zero-order valence-corrected chi connectivity index (χ0v) is 8.24. The van der Waals surface area contributed by atoms with Crippen LogP contribution in [0.25, 0.3) is 0 Å². The molecule has 1 aromatic heterocycles. The highest BCUT2D eigenvalue weighted by Crippen LogP contribution is 2.31. The predicted molar refractivity (Wildman–Crippen MR) is 51.0 cm³/mol. The Morgan fingerprint density at radius 1 is 1.60 bits per heavy atom. The molecule has 0 saturated heterocycles. The highest BCUT2D eigenvalue weighted by Gasteiger charge is 2.43. The Labute approximate surface area is 85.7 Å². The van der Waals surface area contributed by atoms with Crippen molar-refractivity contribution in [2.24, 2.45) is 0 Å². The Kier molecular flexibility index (Phi) is 2.12. The molecule has 0 fully saturated rings. The molecule has 0 unspecified atom stereocenters. The number of hydrogen-bond acceptors (Lipinski definition) is 4. The van der Waals surface area contributed by atoms with Crippen LogP contribution in [0.4, 0.5) is 0 Å². The summed E-state index contributed by atoms with van der Waals surface area (Å²) in [6, 6.07) is 1.54. The highest BCUT2D eigenvalue weighted by atomic mass is 16.6. The molecular formula is C10H11NO4. The molecule has 1 aliphatic heterocycles. The van der Waals surface area contributed by atoms with E-state index in [1.807, 2.05) is 0 Å². The zero-order chi connectivity index (χ0) is 11.1. The summed E-state index contributed by atoms with van der Waals surface area (Å²) in [6.45, 7) is 1.59. The Bertz CT molecular complexity index is 465. The summed E-state index contributed by atoms with van der Waals surface area (Å²) in [5, 5.41) is 10.1. The molecule has 0 aromatic carbocycles. The Hall–Kier alpha value is -1.62. The number of carbonyl (C=O) groups excluding carboxylic acids is 1. The summed E-state index contributed by atoms with van der Waals surface area (Å²) in [6.07, 6.45) is 1.60. The van der Waals surface area contributed by atoms with Crippen molar-refractivity contribution in [3.05, 3.63) is 33.7 Å². The molecule has 0 amide bonds. The van der Waals surface area contributed by atoms with Gasteiger partial charge in [-0.1, -0.05) is 6.92 Å². The summed E-state index contributed by atoms with van der Waals surface area (Å²) in [5.41, 5.74) is -1.33. The van der Waals surface area contributed by atoms with Crippen molar-refractivity contribution in [2.45, 2.75) is 25.6 Å². The maximum absolute atomic E-state index is 11.4. The van der Waals surface area contributed by atoms with Gasteiger partial charge in [-0.05, 0) is 12.5 Å². The summed E-state index contributed by atoms with van der Waals surface area (Å²) >= 11 is 0. The predicted octanol–water partition coefficient (Wildman–Crippen LogP) is 0.0293. The second-order valence-corrected chi connectivity index (χ2v) is 3.49. The number of hydrogen-bond donors (Lipinski definition) is 2. The van der Waals surface area contributed by atoms with E-state index >= 15 is 0 Å². The third-order valence-corrected chi connectivity index (χ3v) is 2.71. The van der Waals surface area contributed by atoms with E-state index in [-0.39, 0.29) is 18.6 Å². The molecule has 0 spiro atoms. The van der Waals surface area contributed by atoms with Crippen LogP contribution in [0.2, 0.25) is 0 Å². The van der Waals surface area contributed by atoms with Gasteiger partial charge in [0.25, 0.3) is 5.56 Å². The standard InChI is InChI=1S/C10H11NO4/c1-2-10(14)7-3-4-11-8(12)6(7)5-15-9(10)13/h3-4,14H,2,5H2,1H3,(H,11,12)/t10-/m0/s1. The summed E-state index contributed by atoms with van der Waals surface area (Å²) < 4.78 is 4.78. The number of fused-ring (bicyclic) bond motifs is 1. The van der Waals surface area contributed by atoms with Crippen molar-refractivity contribution in [1.29, 1.82) is 0 Å². The van der Waals surface area contributed by atoms with Gasteiger partial charge in [0.2, 0.25) is 0 Å².